The van der Waals surface area contributed by atoms with Crippen LogP contribution in [0.15, 0.2) is 24.3 Å². The SMILES string of the molecule is CN[C@@H](C)c1ccc(CC(C)C)cc1. The molecule has 0 heterocycles. The lowest BCUT2D eigenvalue weighted by Crippen LogP contribution is -2.12. The summed E-state index contributed by atoms with van der Waals surface area (Å²) in [7, 11) is 1.99. The first-order valence-corrected chi connectivity index (χ1v) is 5.39. The topological polar surface area (TPSA) is 12.0 Å². The summed E-state index contributed by atoms with van der Waals surface area (Å²) >= 11 is 0. The molecule has 1 heteroatoms. The molecule has 14 heavy (non-hydrogen) atoms. The molecule has 0 aliphatic rings. The van der Waals surface area contributed by atoms with Gasteiger partial charge < -0.3 is 5.32 Å². The van der Waals surface area contributed by atoms with E-state index in [9.17, 15) is 0 Å². The Kier molecular flexibility index (Phi) is 4.15. The zero-order valence-corrected chi connectivity index (χ0v) is 9.67. The van der Waals surface area contributed by atoms with Gasteiger partial charge in [0.2, 0.25) is 0 Å². The molecule has 1 aromatic rings. The third kappa shape index (κ3) is 3.15. The second-order valence-corrected chi connectivity index (χ2v) is 4.35. The van der Waals surface area contributed by atoms with Gasteiger partial charge in [0.15, 0.2) is 0 Å². The molecular formula is C13H21N. The number of hydrogen-bond donors (Lipinski definition) is 1. The average molecular weight is 191 g/mol. The monoisotopic (exact) mass is 191 g/mol. The van der Waals surface area contributed by atoms with Crippen LogP contribution in [0, 0.1) is 5.92 Å². The van der Waals surface area contributed by atoms with Crippen LogP contribution >= 0.6 is 0 Å². The Morgan fingerprint density at radius 2 is 1.64 bits per heavy atom. The van der Waals surface area contributed by atoms with Crippen molar-refractivity contribution in [3.05, 3.63) is 35.4 Å². The predicted octanol–water partition coefficient (Wildman–Crippen LogP) is 3.17. The average Bonchev–Trinajstić information content (AvgIpc) is 2.17. The van der Waals surface area contributed by atoms with Crippen LogP contribution in [-0.2, 0) is 6.42 Å². The molecule has 0 bridgehead atoms. The van der Waals surface area contributed by atoms with Gasteiger partial charge in [-0.1, -0.05) is 38.1 Å². The van der Waals surface area contributed by atoms with Crippen molar-refractivity contribution in [1.82, 2.24) is 5.32 Å². The van der Waals surface area contributed by atoms with Crippen molar-refractivity contribution in [2.24, 2.45) is 5.92 Å². The molecule has 0 spiro atoms. The summed E-state index contributed by atoms with van der Waals surface area (Å²) in [5.74, 6) is 0.738. The van der Waals surface area contributed by atoms with Gasteiger partial charge in [0.05, 0.1) is 0 Å². The summed E-state index contributed by atoms with van der Waals surface area (Å²) in [6, 6.07) is 9.37. The highest BCUT2D eigenvalue weighted by atomic mass is 14.8. The normalized spacial score (nSPS) is 13.2. The molecule has 78 valence electrons. The molecule has 0 aliphatic carbocycles. The zero-order chi connectivity index (χ0) is 10.6. The summed E-state index contributed by atoms with van der Waals surface area (Å²) in [4.78, 5) is 0. The Morgan fingerprint density at radius 1 is 1.07 bits per heavy atom. The van der Waals surface area contributed by atoms with Crippen LogP contribution in [0.1, 0.15) is 37.9 Å². The van der Waals surface area contributed by atoms with Crippen LogP contribution < -0.4 is 5.32 Å². The molecule has 0 fully saturated rings. The van der Waals surface area contributed by atoms with E-state index in [1.54, 1.807) is 0 Å². The highest BCUT2D eigenvalue weighted by Gasteiger charge is 2.02. The van der Waals surface area contributed by atoms with Crippen molar-refractivity contribution >= 4 is 0 Å². The van der Waals surface area contributed by atoms with Crippen molar-refractivity contribution in [2.45, 2.75) is 33.2 Å². The molecule has 0 unspecified atom stereocenters. The maximum absolute atomic E-state index is 3.24. The summed E-state index contributed by atoms with van der Waals surface area (Å²) in [6.07, 6.45) is 1.17. The fraction of sp³-hybridized carbons (Fsp3) is 0.538. The van der Waals surface area contributed by atoms with Gasteiger partial charge in [-0.05, 0) is 37.4 Å². The largest absolute Gasteiger partial charge is 0.313 e. The Balaban J connectivity index is 2.68. The Bertz CT molecular complexity index is 261. The van der Waals surface area contributed by atoms with Crippen LogP contribution in [-0.4, -0.2) is 7.05 Å². The smallest absolute Gasteiger partial charge is 0.0289 e. The van der Waals surface area contributed by atoms with Gasteiger partial charge in [0.25, 0.3) is 0 Å². The van der Waals surface area contributed by atoms with Gasteiger partial charge in [0, 0.05) is 6.04 Å². The first-order valence-electron chi connectivity index (χ1n) is 5.39. The van der Waals surface area contributed by atoms with E-state index in [-0.39, 0.29) is 0 Å². The van der Waals surface area contributed by atoms with Crippen molar-refractivity contribution in [1.29, 1.82) is 0 Å². The Labute approximate surface area is 87.5 Å². The molecule has 0 aromatic heterocycles. The summed E-state index contributed by atoms with van der Waals surface area (Å²) < 4.78 is 0. The standard InChI is InChI=1S/C13H21N/c1-10(2)9-12-5-7-13(8-6-12)11(3)14-4/h5-8,10-11,14H,9H2,1-4H3/t11-/m0/s1. The van der Waals surface area contributed by atoms with Crippen molar-refractivity contribution < 1.29 is 0 Å². The number of hydrogen-bond acceptors (Lipinski definition) is 1. The van der Waals surface area contributed by atoms with Crippen molar-refractivity contribution in [3.8, 4) is 0 Å². The molecule has 1 aromatic carbocycles. The summed E-state index contributed by atoms with van der Waals surface area (Å²) in [5, 5.41) is 3.24. The highest BCUT2D eigenvalue weighted by molar-refractivity contribution is 5.24. The number of nitrogens with one attached hydrogen (secondary N) is 1. The molecule has 0 amide bonds. The maximum atomic E-state index is 3.24. The highest BCUT2D eigenvalue weighted by Crippen LogP contribution is 2.14. The van der Waals surface area contributed by atoms with Crippen LogP contribution in [0.4, 0.5) is 0 Å². The summed E-state index contributed by atoms with van der Waals surface area (Å²) in [6.45, 7) is 6.69. The molecule has 1 rings (SSSR count). The Hall–Kier alpha value is -0.820. The number of benzene rings is 1. The molecule has 0 aliphatic heterocycles. The van der Waals surface area contributed by atoms with E-state index in [4.69, 9.17) is 0 Å². The molecular weight excluding hydrogens is 170 g/mol. The molecule has 0 saturated carbocycles. The minimum atomic E-state index is 0.447. The first-order chi connectivity index (χ1) is 6.63. The minimum Gasteiger partial charge on any atom is -0.313 e. The van der Waals surface area contributed by atoms with E-state index in [2.05, 4.69) is 50.4 Å². The minimum absolute atomic E-state index is 0.447. The molecule has 1 atom stereocenters. The number of rotatable bonds is 4. The second-order valence-electron chi connectivity index (χ2n) is 4.35. The molecule has 1 nitrogen and oxygen atoms in total. The van der Waals surface area contributed by atoms with E-state index in [1.165, 1.54) is 17.5 Å². The van der Waals surface area contributed by atoms with Crippen LogP contribution in [0.5, 0.6) is 0 Å². The maximum Gasteiger partial charge on any atom is 0.0289 e. The zero-order valence-electron chi connectivity index (χ0n) is 9.67. The summed E-state index contributed by atoms with van der Waals surface area (Å²) in [5.41, 5.74) is 2.80. The van der Waals surface area contributed by atoms with Crippen molar-refractivity contribution in [2.75, 3.05) is 7.05 Å². The van der Waals surface area contributed by atoms with Gasteiger partial charge in [-0.15, -0.1) is 0 Å². The van der Waals surface area contributed by atoms with Crippen molar-refractivity contribution in [3.63, 3.8) is 0 Å². The van der Waals surface area contributed by atoms with E-state index >= 15 is 0 Å². The van der Waals surface area contributed by atoms with E-state index in [1.807, 2.05) is 7.05 Å². The lowest BCUT2D eigenvalue weighted by molar-refractivity contribution is 0.641. The first kappa shape index (κ1) is 11.3. The van der Waals surface area contributed by atoms with Gasteiger partial charge in [-0.3, -0.25) is 0 Å². The van der Waals surface area contributed by atoms with Gasteiger partial charge in [0.1, 0.15) is 0 Å². The third-order valence-corrected chi connectivity index (χ3v) is 2.56. The second kappa shape index (κ2) is 5.16. The Morgan fingerprint density at radius 3 is 2.07 bits per heavy atom. The fourth-order valence-corrected chi connectivity index (χ4v) is 1.58. The molecule has 1 N–H and O–H groups in total. The van der Waals surface area contributed by atoms with E-state index in [0.717, 1.165) is 5.92 Å². The predicted molar refractivity (Wildman–Crippen MR) is 62.5 cm³/mol. The van der Waals surface area contributed by atoms with Gasteiger partial charge in [-0.2, -0.15) is 0 Å². The lowest BCUT2D eigenvalue weighted by atomic mass is 10.00. The third-order valence-electron chi connectivity index (χ3n) is 2.56. The lowest BCUT2D eigenvalue weighted by Gasteiger charge is -2.11. The van der Waals surface area contributed by atoms with Crippen LogP contribution in [0.2, 0.25) is 0 Å². The van der Waals surface area contributed by atoms with Crippen LogP contribution in [0.3, 0.4) is 0 Å². The van der Waals surface area contributed by atoms with Crippen LogP contribution in [0.25, 0.3) is 0 Å². The van der Waals surface area contributed by atoms with E-state index in [0.29, 0.717) is 6.04 Å². The molecule has 0 radical (unpaired) electrons. The quantitative estimate of drug-likeness (QED) is 0.771. The van der Waals surface area contributed by atoms with Gasteiger partial charge in [-0.25, -0.2) is 0 Å². The van der Waals surface area contributed by atoms with Gasteiger partial charge >= 0.3 is 0 Å². The van der Waals surface area contributed by atoms with E-state index < -0.39 is 0 Å². The fourth-order valence-electron chi connectivity index (χ4n) is 1.58. The molecule has 0 saturated heterocycles.